The fourth-order valence-electron chi connectivity index (χ4n) is 1.90. The fourth-order valence-corrected chi connectivity index (χ4v) is 1.90. The first-order chi connectivity index (χ1) is 10.7. The van der Waals surface area contributed by atoms with Gasteiger partial charge >= 0.3 is 5.97 Å². The van der Waals surface area contributed by atoms with E-state index in [0.717, 1.165) is 17.7 Å². The van der Waals surface area contributed by atoms with E-state index in [1.54, 1.807) is 36.4 Å². The molecule has 116 valence electrons. The number of halogens is 1. The third-order valence-corrected chi connectivity index (χ3v) is 3.06. The van der Waals surface area contributed by atoms with Crippen LogP contribution in [-0.4, -0.2) is 12.6 Å². The Kier molecular flexibility index (Phi) is 5.95. The van der Waals surface area contributed by atoms with Crippen LogP contribution in [-0.2, 0) is 11.2 Å². The summed E-state index contributed by atoms with van der Waals surface area (Å²) in [6, 6.07) is 13.1. The largest absolute Gasteiger partial charge is 0.494 e. The van der Waals surface area contributed by atoms with Crippen molar-refractivity contribution in [3.05, 3.63) is 59.9 Å². The van der Waals surface area contributed by atoms with E-state index < -0.39 is 0 Å². The van der Waals surface area contributed by atoms with Gasteiger partial charge < -0.3 is 9.47 Å². The molecule has 0 fully saturated rings. The second-order valence-corrected chi connectivity index (χ2v) is 4.92. The Hall–Kier alpha value is -2.36. The number of benzene rings is 2. The second kappa shape index (κ2) is 8.17. The van der Waals surface area contributed by atoms with E-state index in [1.165, 1.54) is 12.1 Å². The van der Waals surface area contributed by atoms with Gasteiger partial charge in [-0.2, -0.15) is 0 Å². The lowest BCUT2D eigenvalue weighted by molar-refractivity contribution is -0.134. The van der Waals surface area contributed by atoms with Crippen LogP contribution in [0.5, 0.6) is 11.5 Å². The van der Waals surface area contributed by atoms with Crippen LogP contribution in [0.3, 0.4) is 0 Å². The summed E-state index contributed by atoms with van der Waals surface area (Å²) >= 11 is 0. The maximum absolute atomic E-state index is 12.8. The van der Waals surface area contributed by atoms with Crippen molar-refractivity contribution in [2.24, 2.45) is 0 Å². The summed E-state index contributed by atoms with van der Waals surface area (Å²) in [4.78, 5) is 11.8. The van der Waals surface area contributed by atoms with E-state index in [2.05, 4.69) is 0 Å². The van der Waals surface area contributed by atoms with E-state index in [0.29, 0.717) is 18.8 Å². The molecule has 0 aromatic heterocycles. The quantitative estimate of drug-likeness (QED) is 0.569. The molecular formula is C18H19FO3. The first-order valence-corrected chi connectivity index (χ1v) is 7.35. The molecule has 0 heterocycles. The highest BCUT2D eigenvalue weighted by atomic mass is 19.1. The van der Waals surface area contributed by atoms with Crippen molar-refractivity contribution in [2.45, 2.75) is 26.2 Å². The molecule has 2 aromatic carbocycles. The smallest absolute Gasteiger partial charge is 0.311 e. The number of esters is 1. The molecule has 2 rings (SSSR count). The van der Waals surface area contributed by atoms with Crippen LogP contribution in [0.15, 0.2) is 48.5 Å². The highest BCUT2D eigenvalue weighted by molar-refractivity contribution is 5.72. The molecule has 0 amide bonds. The molecule has 0 aliphatic carbocycles. The summed E-state index contributed by atoms with van der Waals surface area (Å²) in [7, 11) is 0. The normalized spacial score (nSPS) is 10.3. The average Bonchev–Trinajstić information content (AvgIpc) is 2.54. The maximum atomic E-state index is 12.8. The van der Waals surface area contributed by atoms with Crippen LogP contribution in [0.25, 0.3) is 0 Å². The van der Waals surface area contributed by atoms with Gasteiger partial charge in [-0.1, -0.05) is 19.1 Å². The number of aryl methyl sites for hydroxylation is 1. The average molecular weight is 302 g/mol. The molecular weight excluding hydrogens is 283 g/mol. The molecule has 4 heteroatoms. The SMILES string of the molecule is CCCOc1ccc(OC(=O)CCc2ccc(F)cc2)cc1. The molecule has 0 bridgehead atoms. The maximum Gasteiger partial charge on any atom is 0.311 e. The Bertz CT molecular complexity index is 591. The molecule has 22 heavy (non-hydrogen) atoms. The highest BCUT2D eigenvalue weighted by Crippen LogP contribution is 2.18. The third-order valence-electron chi connectivity index (χ3n) is 3.06. The minimum Gasteiger partial charge on any atom is -0.494 e. The molecule has 0 atom stereocenters. The molecule has 0 spiro atoms. The van der Waals surface area contributed by atoms with Gasteiger partial charge in [0.2, 0.25) is 0 Å². The Morgan fingerprint density at radius 1 is 1.00 bits per heavy atom. The van der Waals surface area contributed by atoms with Gasteiger partial charge in [0.05, 0.1) is 6.61 Å². The number of ether oxygens (including phenoxy) is 2. The zero-order chi connectivity index (χ0) is 15.8. The van der Waals surface area contributed by atoms with Gasteiger partial charge in [-0.25, -0.2) is 4.39 Å². The zero-order valence-electron chi connectivity index (χ0n) is 12.5. The number of hydrogen-bond acceptors (Lipinski definition) is 3. The van der Waals surface area contributed by atoms with E-state index in [-0.39, 0.29) is 18.2 Å². The van der Waals surface area contributed by atoms with Crippen molar-refractivity contribution in [1.82, 2.24) is 0 Å². The number of carbonyl (C=O) groups excluding carboxylic acids is 1. The minimum absolute atomic E-state index is 0.250. The summed E-state index contributed by atoms with van der Waals surface area (Å²) < 4.78 is 23.5. The fraction of sp³-hybridized carbons (Fsp3) is 0.278. The van der Waals surface area contributed by atoms with Crippen LogP contribution >= 0.6 is 0 Å². The minimum atomic E-state index is -0.313. The molecule has 0 aliphatic heterocycles. The molecule has 0 N–H and O–H groups in total. The summed E-state index contributed by atoms with van der Waals surface area (Å²) in [5.41, 5.74) is 0.904. The van der Waals surface area contributed by atoms with E-state index in [1.807, 2.05) is 6.92 Å². The predicted octanol–water partition coefficient (Wildman–Crippen LogP) is 4.15. The van der Waals surface area contributed by atoms with Crippen LogP contribution < -0.4 is 9.47 Å². The Balaban J connectivity index is 1.80. The van der Waals surface area contributed by atoms with Crippen LogP contribution in [0.2, 0.25) is 0 Å². The van der Waals surface area contributed by atoms with Gasteiger partial charge in [-0.05, 0) is 54.8 Å². The lowest BCUT2D eigenvalue weighted by Gasteiger charge is -2.07. The first-order valence-electron chi connectivity index (χ1n) is 7.35. The first kappa shape index (κ1) is 16.0. The van der Waals surface area contributed by atoms with Gasteiger partial charge in [0.15, 0.2) is 0 Å². The Labute approximate surface area is 129 Å². The van der Waals surface area contributed by atoms with Gasteiger partial charge in [-0.15, -0.1) is 0 Å². The number of hydrogen-bond donors (Lipinski definition) is 0. The molecule has 3 nitrogen and oxygen atoms in total. The summed E-state index contributed by atoms with van der Waals surface area (Å²) in [6.45, 7) is 2.70. The van der Waals surface area contributed by atoms with Gasteiger partial charge in [-0.3, -0.25) is 4.79 Å². The summed E-state index contributed by atoms with van der Waals surface area (Å²) in [5, 5.41) is 0. The van der Waals surface area contributed by atoms with E-state index in [9.17, 15) is 9.18 Å². The molecule has 0 unspecified atom stereocenters. The monoisotopic (exact) mass is 302 g/mol. The van der Waals surface area contributed by atoms with Crippen molar-refractivity contribution in [3.63, 3.8) is 0 Å². The lowest BCUT2D eigenvalue weighted by atomic mass is 10.1. The molecule has 0 saturated carbocycles. The van der Waals surface area contributed by atoms with Crippen molar-refractivity contribution in [2.75, 3.05) is 6.61 Å². The number of carbonyl (C=O) groups is 1. The molecule has 0 aliphatic rings. The zero-order valence-corrected chi connectivity index (χ0v) is 12.5. The topological polar surface area (TPSA) is 35.5 Å². The van der Waals surface area contributed by atoms with Crippen molar-refractivity contribution in [1.29, 1.82) is 0 Å². The van der Waals surface area contributed by atoms with Gasteiger partial charge in [0, 0.05) is 6.42 Å². The van der Waals surface area contributed by atoms with Crippen LogP contribution in [0, 0.1) is 5.82 Å². The van der Waals surface area contributed by atoms with Gasteiger partial charge in [0.25, 0.3) is 0 Å². The molecule has 0 radical (unpaired) electrons. The molecule has 2 aromatic rings. The van der Waals surface area contributed by atoms with Crippen molar-refractivity contribution < 1.29 is 18.7 Å². The highest BCUT2D eigenvalue weighted by Gasteiger charge is 2.06. The number of rotatable bonds is 7. The summed E-state index contributed by atoms with van der Waals surface area (Å²) in [5.74, 6) is 0.657. The van der Waals surface area contributed by atoms with E-state index >= 15 is 0 Å². The standard InChI is InChI=1S/C18H19FO3/c1-2-13-21-16-8-10-17(11-9-16)22-18(20)12-5-14-3-6-15(19)7-4-14/h3-4,6-11H,2,5,12-13H2,1H3. The second-order valence-electron chi connectivity index (χ2n) is 4.92. The summed E-state index contributed by atoms with van der Waals surface area (Å²) in [6.07, 6.45) is 1.72. The Morgan fingerprint density at radius 3 is 2.27 bits per heavy atom. The van der Waals surface area contributed by atoms with Crippen molar-refractivity contribution in [3.8, 4) is 11.5 Å². The van der Waals surface area contributed by atoms with Gasteiger partial charge in [0.1, 0.15) is 17.3 Å². The van der Waals surface area contributed by atoms with Crippen molar-refractivity contribution >= 4 is 5.97 Å². The van der Waals surface area contributed by atoms with Crippen LogP contribution in [0.4, 0.5) is 4.39 Å². The molecule has 0 saturated heterocycles. The Morgan fingerprint density at radius 2 is 1.64 bits per heavy atom. The lowest BCUT2D eigenvalue weighted by Crippen LogP contribution is -2.09. The van der Waals surface area contributed by atoms with Crippen LogP contribution in [0.1, 0.15) is 25.3 Å². The van der Waals surface area contributed by atoms with E-state index in [4.69, 9.17) is 9.47 Å². The predicted molar refractivity (Wildman–Crippen MR) is 82.6 cm³/mol. The third kappa shape index (κ3) is 5.20.